The van der Waals surface area contributed by atoms with Crippen LogP contribution in [0.25, 0.3) is 0 Å². The first kappa shape index (κ1) is 12.9. The third kappa shape index (κ3) is 2.13. The second-order valence-electron chi connectivity index (χ2n) is 4.82. The van der Waals surface area contributed by atoms with Crippen molar-refractivity contribution in [3.63, 3.8) is 0 Å². The lowest BCUT2D eigenvalue weighted by atomic mass is 9.83. The van der Waals surface area contributed by atoms with E-state index in [2.05, 4.69) is 6.07 Å². The highest BCUT2D eigenvalue weighted by atomic mass is 16.5. The third-order valence-electron chi connectivity index (χ3n) is 3.45. The highest BCUT2D eigenvalue weighted by Crippen LogP contribution is 2.43. The van der Waals surface area contributed by atoms with Crippen molar-refractivity contribution in [2.24, 2.45) is 5.73 Å². The van der Waals surface area contributed by atoms with Gasteiger partial charge in [0.2, 0.25) is 5.88 Å². The predicted molar refractivity (Wildman–Crippen MR) is 78.3 cm³/mol. The number of nitrogens with two attached hydrogens (primary N) is 2. The number of fused-ring (bicyclic) bond motifs is 1. The summed E-state index contributed by atoms with van der Waals surface area (Å²) >= 11 is 0. The Morgan fingerprint density at radius 1 is 1.14 bits per heavy atom. The summed E-state index contributed by atoms with van der Waals surface area (Å²) in [5, 5.41) is 19.1. The second-order valence-corrected chi connectivity index (χ2v) is 4.82. The minimum atomic E-state index is -0.383. The van der Waals surface area contributed by atoms with Gasteiger partial charge in [-0.3, -0.25) is 0 Å². The second kappa shape index (κ2) is 4.76. The Kier molecular flexibility index (Phi) is 2.92. The van der Waals surface area contributed by atoms with Crippen molar-refractivity contribution in [2.75, 3.05) is 5.73 Å². The van der Waals surface area contributed by atoms with E-state index >= 15 is 0 Å². The number of hydrogen-bond acceptors (Lipinski definition) is 5. The molecule has 21 heavy (non-hydrogen) atoms. The normalized spacial score (nSPS) is 16.8. The zero-order valence-electron chi connectivity index (χ0n) is 11.1. The Hall–Kier alpha value is -3.13. The van der Waals surface area contributed by atoms with Gasteiger partial charge in [-0.05, 0) is 23.8 Å². The highest BCUT2D eigenvalue weighted by Gasteiger charge is 2.30. The van der Waals surface area contributed by atoms with Crippen molar-refractivity contribution < 1.29 is 9.84 Å². The van der Waals surface area contributed by atoms with Gasteiger partial charge in [0, 0.05) is 17.3 Å². The number of phenolic OH excluding ortho intramolecular Hbond substituents is 1. The lowest BCUT2D eigenvalue weighted by Crippen LogP contribution is -2.21. The molecule has 0 fully saturated rings. The van der Waals surface area contributed by atoms with E-state index in [9.17, 15) is 10.4 Å². The van der Waals surface area contributed by atoms with Crippen molar-refractivity contribution in [1.29, 1.82) is 5.26 Å². The molecule has 1 heterocycles. The molecular weight excluding hydrogens is 266 g/mol. The number of phenols is 1. The van der Waals surface area contributed by atoms with Crippen molar-refractivity contribution in [3.05, 3.63) is 65.0 Å². The minimum absolute atomic E-state index is 0.0592. The van der Waals surface area contributed by atoms with E-state index in [0.29, 0.717) is 17.0 Å². The van der Waals surface area contributed by atoms with Crippen molar-refractivity contribution in [3.8, 4) is 17.6 Å². The van der Waals surface area contributed by atoms with E-state index in [4.69, 9.17) is 16.2 Å². The molecule has 5 N–H and O–H groups in total. The maximum Gasteiger partial charge on any atom is 0.205 e. The van der Waals surface area contributed by atoms with Crippen LogP contribution in [0.15, 0.2) is 53.9 Å². The number of anilines is 1. The van der Waals surface area contributed by atoms with Crippen LogP contribution in [-0.4, -0.2) is 5.11 Å². The van der Waals surface area contributed by atoms with Gasteiger partial charge in [0.15, 0.2) is 0 Å². The van der Waals surface area contributed by atoms with E-state index in [0.717, 1.165) is 11.1 Å². The molecule has 0 saturated heterocycles. The first-order valence-corrected chi connectivity index (χ1v) is 6.36. The summed E-state index contributed by atoms with van der Waals surface area (Å²) in [5.74, 6) is 0.335. The van der Waals surface area contributed by atoms with Gasteiger partial charge in [-0.15, -0.1) is 0 Å². The maximum atomic E-state index is 9.68. The molecule has 2 aromatic rings. The Labute approximate surface area is 121 Å². The van der Waals surface area contributed by atoms with E-state index in [1.165, 1.54) is 0 Å². The molecule has 1 atom stereocenters. The zero-order chi connectivity index (χ0) is 15.0. The predicted octanol–water partition coefficient (Wildman–Crippen LogP) is 2.19. The van der Waals surface area contributed by atoms with Gasteiger partial charge in [-0.25, -0.2) is 0 Å². The summed E-state index contributed by atoms with van der Waals surface area (Å²) in [5.41, 5.74) is 14.0. The average molecular weight is 279 g/mol. The Balaban J connectivity index is 2.24. The van der Waals surface area contributed by atoms with Crippen molar-refractivity contribution in [2.45, 2.75) is 5.92 Å². The number of nitrogen functional groups attached to an aromatic ring is 1. The van der Waals surface area contributed by atoms with Crippen LogP contribution in [-0.2, 0) is 0 Å². The van der Waals surface area contributed by atoms with Gasteiger partial charge in [0.1, 0.15) is 23.1 Å². The lowest BCUT2D eigenvalue weighted by molar-refractivity contribution is 0.393. The number of ether oxygens (including phenoxy) is 1. The van der Waals surface area contributed by atoms with Crippen LogP contribution in [0, 0.1) is 11.3 Å². The fraction of sp³-hybridized carbons (Fsp3) is 0.0625. The standard InChI is InChI=1S/C16H13N3O2/c17-8-13-15(9-2-1-3-11(20)6-9)12-5-4-10(18)7-14(12)21-16(13)19/h1-7,15,20H,18-19H2/t15-/m1/s1. The van der Waals surface area contributed by atoms with Crippen LogP contribution in [0.4, 0.5) is 5.69 Å². The fourth-order valence-corrected chi connectivity index (χ4v) is 2.52. The summed E-state index contributed by atoms with van der Waals surface area (Å²) in [6.07, 6.45) is 0. The van der Waals surface area contributed by atoms with Crippen molar-refractivity contribution in [1.82, 2.24) is 0 Å². The molecule has 104 valence electrons. The molecule has 5 nitrogen and oxygen atoms in total. The van der Waals surface area contributed by atoms with Gasteiger partial charge in [-0.2, -0.15) is 5.26 Å². The topological polar surface area (TPSA) is 105 Å². The van der Waals surface area contributed by atoms with Crippen LogP contribution >= 0.6 is 0 Å². The summed E-state index contributed by atoms with van der Waals surface area (Å²) in [7, 11) is 0. The number of hydrogen-bond donors (Lipinski definition) is 3. The third-order valence-corrected chi connectivity index (χ3v) is 3.45. The number of benzene rings is 2. The van der Waals surface area contributed by atoms with Gasteiger partial charge in [0.25, 0.3) is 0 Å². The molecular formula is C16H13N3O2. The van der Waals surface area contributed by atoms with Gasteiger partial charge in [-0.1, -0.05) is 18.2 Å². The monoisotopic (exact) mass is 279 g/mol. The fourth-order valence-electron chi connectivity index (χ4n) is 2.52. The van der Waals surface area contributed by atoms with Gasteiger partial charge >= 0.3 is 0 Å². The molecule has 2 aromatic carbocycles. The molecule has 0 bridgehead atoms. The number of nitriles is 1. The first-order valence-electron chi connectivity index (χ1n) is 6.36. The number of allylic oxidation sites excluding steroid dienone is 1. The van der Waals surface area contributed by atoms with E-state index in [-0.39, 0.29) is 17.6 Å². The van der Waals surface area contributed by atoms with Gasteiger partial charge < -0.3 is 21.3 Å². The van der Waals surface area contributed by atoms with E-state index < -0.39 is 0 Å². The molecule has 0 saturated carbocycles. The maximum absolute atomic E-state index is 9.68. The first-order chi connectivity index (χ1) is 10.1. The zero-order valence-corrected chi connectivity index (χ0v) is 11.1. The molecule has 0 radical (unpaired) electrons. The van der Waals surface area contributed by atoms with Crippen LogP contribution in [0.3, 0.4) is 0 Å². The number of nitrogens with zero attached hydrogens (tertiary/aromatic N) is 1. The minimum Gasteiger partial charge on any atom is -0.508 e. The summed E-state index contributed by atoms with van der Waals surface area (Å²) in [4.78, 5) is 0. The molecule has 0 unspecified atom stereocenters. The van der Waals surface area contributed by atoms with Gasteiger partial charge in [0.05, 0.1) is 5.92 Å². The molecule has 1 aliphatic rings. The van der Waals surface area contributed by atoms with Crippen LogP contribution in [0.2, 0.25) is 0 Å². The molecule has 1 aliphatic heterocycles. The molecule has 0 spiro atoms. The summed E-state index contributed by atoms with van der Waals surface area (Å²) in [6, 6.07) is 14.1. The quantitative estimate of drug-likeness (QED) is 0.694. The number of rotatable bonds is 1. The average Bonchev–Trinajstić information content (AvgIpc) is 2.45. The summed E-state index contributed by atoms with van der Waals surface area (Å²) < 4.78 is 5.49. The van der Waals surface area contributed by atoms with Crippen LogP contribution in [0.1, 0.15) is 17.0 Å². The number of aromatic hydroxyl groups is 1. The Morgan fingerprint density at radius 3 is 2.67 bits per heavy atom. The van der Waals surface area contributed by atoms with E-state index in [1.54, 1.807) is 30.3 Å². The largest absolute Gasteiger partial charge is 0.508 e. The summed E-state index contributed by atoms with van der Waals surface area (Å²) in [6.45, 7) is 0. The van der Waals surface area contributed by atoms with Crippen molar-refractivity contribution >= 4 is 5.69 Å². The molecule has 0 amide bonds. The molecule has 3 rings (SSSR count). The SMILES string of the molecule is N#CC1=C(N)Oc2cc(N)ccc2[C@H]1c1cccc(O)c1. The molecule has 5 heteroatoms. The van der Waals surface area contributed by atoms with Crippen LogP contribution in [0.5, 0.6) is 11.5 Å². The van der Waals surface area contributed by atoms with Crippen LogP contribution < -0.4 is 16.2 Å². The Bertz CT molecular complexity index is 790. The highest BCUT2D eigenvalue weighted by molar-refractivity contribution is 5.59. The Morgan fingerprint density at radius 2 is 1.95 bits per heavy atom. The lowest BCUT2D eigenvalue weighted by Gasteiger charge is -2.26. The molecule has 0 aromatic heterocycles. The molecule has 0 aliphatic carbocycles. The smallest absolute Gasteiger partial charge is 0.205 e. The van der Waals surface area contributed by atoms with E-state index in [1.807, 2.05) is 12.1 Å².